The smallest absolute Gasteiger partial charge is 0.253 e. The van der Waals surface area contributed by atoms with Crippen molar-refractivity contribution in [1.29, 1.82) is 0 Å². The average molecular weight is 376 g/mol. The lowest BCUT2D eigenvalue weighted by molar-refractivity contribution is 0.0676. The minimum absolute atomic E-state index is 0.000283. The fraction of sp³-hybridized carbons (Fsp3) is 0.444. The van der Waals surface area contributed by atoms with Crippen LogP contribution in [0, 0.1) is 5.92 Å². The molecule has 2 aromatic rings. The van der Waals surface area contributed by atoms with Crippen molar-refractivity contribution in [2.75, 3.05) is 25.9 Å². The largest absolute Gasteiger partial charge is 0.338 e. The molecule has 1 N–H and O–H groups in total. The van der Waals surface area contributed by atoms with Crippen molar-refractivity contribution in [2.45, 2.75) is 19.4 Å². The molecule has 1 aromatic carbocycles. The van der Waals surface area contributed by atoms with Gasteiger partial charge in [-0.2, -0.15) is 5.10 Å². The van der Waals surface area contributed by atoms with E-state index in [1.165, 1.54) is 0 Å². The number of sulfonamides is 1. The van der Waals surface area contributed by atoms with Gasteiger partial charge in [0.2, 0.25) is 10.0 Å². The highest BCUT2D eigenvalue weighted by molar-refractivity contribution is 7.88. The van der Waals surface area contributed by atoms with Crippen molar-refractivity contribution in [3.63, 3.8) is 0 Å². The molecule has 1 amide bonds. The second kappa shape index (κ2) is 8.01. The average Bonchev–Trinajstić information content (AvgIpc) is 3.13. The lowest BCUT2D eigenvalue weighted by atomic mass is 9.97. The summed E-state index contributed by atoms with van der Waals surface area (Å²) < 4.78 is 26.9. The molecular formula is C18H24N4O3S. The fourth-order valence-electron chi connectivity index (χ4n) is 3.20. The first kappa shape index (κ1) is 18.6. The maximum Gasteiger partial charge on any atom is 0.253 e. The third-order valence-electron chi connectivity index (χ3n) is 4.55. The number of nitrogens with zero attached hydrogens (tertiary/aromatic N) is 3. The molecule has 1 saturated heterocycles. The Labute approximate surface area is 154 Å². The van der Waals surface area contributed by atoms with Crippen molar-refractivity contribution >= 4 is 15.9 Å². The van der Waals surface area contributed by atoms with Gasteiger partial charge in [0.05, 0.1) is 12.8 Å². The molecule has 1 atom stereocenters. The van der Waals surface area contributed by atoms with Crippen molar-refractivity contribution in [2.24, 2.45) is 5.92 Å². The van der Waals surface area contributed by atoms with Crippen LogP contribution in [0.2, 0.25) is 0 Å². The summed E-state index contributed by atoms with van der Waals surface area (Å²) >= 11 is 0. The Bertz CT molecular complexity index is 832. The molecule has 7 nitrogen and oxygen atoms in total. The lowest BCUT2D eigenvalue weighted by Gasteiger charge is -2.32. The van der Waals surface area contributed by atoms with Crippen LogP contribution in [-0.2, 0) is 16.6 Å². The summed E-state index contributed by atoms with van der Waals surface area (Å²) in [6, 6.07) is 9.46. The van der Waals surface area contributed by atoms with Gasteiger partial charge in [-0.05, 0) is 42.5 Å². The van der Waals surface area contributed by atoms with E-state index < -0.39 is 10.0 Å². The SMILES string of the molecule is CS(=O)(=O)NC[C@@H]1CCCN(C(=O)c2ccc(Cn3cccn3)cc2)C1. The molecular weight excluding hydrogens is 352 g/mol. The number of hydrogen-bond acceptors (Lipinski definition) is 4. The Hall–Kier alpha value is -2.19. The molecule has 0 spiro atoms. The number of piperidine rings is 1. The quantitative estimate of drug-likeness (QED) is 0.824. The Morgan fingerprint density at radius 3 is 2.73 bits per heavy atom. The Morgan fingerprint density at radius 2 is 2.08 bits per heavy atom. The molecule has 0 bridgehead atoms. The van der Waals surface area contributed by atoms with Gasteiger partial charge in [0.1, 0.15) is 0 Å². The number of amides is 1. The number of nitrogens with one attached hydrogen (secondary N) is 1. The molecule has 26 heavy (non-hydrogen) atoms. The first-order chi connectivity index (χ1) is 12.4. The monoisotopic (exact) mass is 376 g/mol. The van der Waals surface area contributed by atoms with E-state index in [2.05, 4.69) is 9.82 Å². The van der Waals surface area contributed by atoms with Gasteiger partial charge in [-0.3, -0.25) is 9.48 Å². The van der Waals surface area contributed by atoms with Crippen LogP contribution in [0.5, 0.6) is 0 Å². The molecule has 0 saturated carbocycles. The Kier molecular flexibility index (Phi) is 5.73. The topological polar surface area (TPSA) is 84.3 Å². The van der Waals surface area contributed by atoms with Crippen LogP contribution >= 0.6 is 0 Å². The molecule has 0 unspecified atom stereocenters. The third-order valence-corrected chi connectivity index (χ3v) is 5.24. The van der Waals surface area contributed by atoms with Crippen molar-refractivity contribution < 1.29 is 13.2 Å². The Balaban J connectivity index is 1.59. The van der Waals surface area contributed by atoms with E-state index in [1.807, 2.05) is 46.1 Å². The van der Waals surface area contributed by atoms with E-state index in [1.54, 1.807) is 6.20 Å². The van der Waals surface area contributed by atoms with Crippen LogP contribution in [0.3, 0.4) is 0 Å². The summed E-state index contributed by atoms with van der Waals surface area (Å²) in [4.78, 5) is 14.6. The van der Waals surface area contributed by atoms with Crippen LogP contribution < -0.4 is 4.72 Å². The summed E-state index contributed by atoms with van der Waals surface area (Å²) in [5, 5.41) is 4.18. The molecule has 1 fully saturated rings. The fourth-order valence-corrected chi connectivity index (χ4v) is 3.74. The van der Waals surface area contributed by atoms with E-state index in [9.17, 15) is 13.2 Å². The summed E-state index contributed by atoms with van der Waals surface area (Å²) in [7, 11) is -3.20. The normalized spacial score (nSPS) is 18.0. The lowest BCUT2D eigenvalue weighted by Crippen LogP contribution is -2.43. The summed E-state index contributed by atoms with van der Waals surface area (Å²) in [6.07, 6.45) is 6.61. The van der Waals surface area contributed by atoms with Gasteiger partial charge >= 0.3 is 0 Å². The van der Waals surface area contributed by atoms with Gasteiger partial charge in [0, 0.05) is 37.6 Å². The van der Waals surface area contributed by atoms with Crippen LogP contribution in [0.1, 0.15) is 28.8 Å². The molecule has 1 aromatic heterocycles. The predicted molar refractivity (Wildman–Crippen MR) is 99.2 cm³/mol. The molecule has 0 radical (unpaired) electrons. The maximum absolute atomic E-state index is 12.7. The number of carbonyl (C=O) groups excluding carboxylic acids is 1. The maximum atomic E-state index is 12.7. The summed E-state index contributed by atoms with van der Waals surface area (Å²) in [5.41, 5.74) is 1.74. The van der Waals surface area contributed by atoms with E-state index in [4.69, 9.17) is 0 Å². The van der Waals surface area contributed by atoms with E-state index >= 15 is 0 Å². The number of rotatable bonds is 6. The van der Waals surface area contributed by atoms with Crippen LogP contribution in [-0.4, -0.2) is 54.9 Å². The molecule has 2 heterocycles. The van der Waals surface area contributed by atoms with Gasteiger partial charge < -0.3 is 4.90 Å². The minimum Gasteiger partial charge on any atom is -0.338 e. The van der Waals surface area contributed by atoms with Gasteiger partial charge in [0.25, 0.3) is 5.91 Å². The second-order valence-corrected chi connectivity index (χ2v) is 8.61. The first-order valence-corrected chi connectivity index (χ1v) is 10.6. The van der Waals surface area contributed by atoms with Gasteiger partial charge in [0.15, 0.2) is 0 Å². The second-order valence-electron chi connectivity index (χ2n) is 6.78. The van der Waals surface area contributed by atoms with Gasteiger partial charge in [-0.25, -0.2) is 13.1 Å². The molecule has 3 rings (SSSR count). The minimum atomic E-state index is -3.20. The van der Waals surface area contributed by atoms with E-state index in [0.717, 1.165) is 24.7 Å². The number of benzene rings is 1. The standard InChI is InChI=1S/C18H24N4O3S/c1-26(24,25)20-12-16-4-2-10-21(13-16)18(23)17-7-5-15(6-8-17)14-22-11-3-9-19-22/h3,5-9,11,16,20H,2,4,10,12-14H2,1H3/t16-/m0/s1. The predicted octanol–water partition coefficient (Wildman–Crippen LogP) is 1.33. The summed E-state index contributed by atoms with van der Waals surface area (Å²) in [5.74, 6) is 0.154. The van der Waals surface area contributed by atoms with Gasteiger partial charge in [-0.15, -0.1) is 0 Å². The number of likely N-dealkylation sites (tertiary alicyclic amines) is 1. The van der Waals surface area contributed by atoms with Crippen molar-refractivity contribution in [3.05, 3.63) is 53.9 Å². The molecule has 140 valence electrons. The molecule has 0 aliphatic carbocycles. The van der Waals surface area contributed by atoms with Crippen molar-refractivity contribution in [1.82, 2.24) is 19.4 Å². The Morgan fingerprint density at radius 1 is 1.31 bits per heavy atom. The highest BCUT2D eigenvalue weighted by Crippen LogP contribution is 2.19. The number of hydrogen-bond donors (Lipinski definition) is 1. The third kappa shape index (κ3) is 5.15. The van der Waals surface area contributed by atoms with Crippen molar-refractivity contribution in [3.8, 4) is 0 Å². The van der Waals surface area contributed by atoms with E-state index in [0.29, 0.717) is 31.7 Å². The van der Waals surface area contributed by atoms with E-state index in [-0.39, 0.29) is 11.8 Å². The molecule has 1 aliphatic rings. The number of carbonyl (C=O) groups is 1. The summed E-state index contributed by atoms with van der Waals surface area (Å²) in [6.45, 7) is 2.34. The highest BCUT2D eigenvalue weighted by atomic mass is 32.2. The zero-order valence-corrected chi connectivity index (χ0v) is 15.7. The zero-order valence-electron chi connectivity index (χ0n) is 14.8. The van der Waals surface area contributed by atoms with Crippen LogP contribution in [0.25, 0.3) is 0 Å². The zero-order chi connectivity index (χ0) is 18.6. The first-order valence-electron chi connectivity index (χ1n) is 8.71. The highest BCUT2D eigenvalue weighted by Gasteiger charge is 2.25. The van der Waals surface area contributed by atoms with Crippen LogP contribution in [0.4, 0.5) is 0 Å². The van der Waals surface area contributed by atoms with Crippen LogP contribution in [0.15, 0.2) is 42.7 Å². The number of aromatic nitrogens is 2. The molecule has 1 aliphatic heterocycles. The molecule has 8 heteroatoms. The van der Waals surface area contributed by atoms with Gasteiger partial charge in [-0.1, -0.05) is 12.1 Å².